The Hall–Kier alpha value is -3.54. The fraction of sp³-hybridized carbons (Fsp3) is 0.143. The van der Waals surface area contributed by atoms with E-state index in [2.05, 4.69) is 10.3 Å². The molecule has 138 valence electrons. The second-order valence-electron chi connectivity index (χ2n) is 5.52. The van der Waals surface area contributed by atoms with E-state index in [0.717, 1.165) is 0 Å². The van der Waals surface area contributed by atoms with Crippen molar-refractivity contribution in [2.75, 3.05) is 19.0 Å². The Bertz CT molecular complexity index is 910. The number of ether oxygens (including phenoxy) is 3. The normalized spacial score (nSPS) is 10.1. The summed E-state index contributed by atoms with van der Waals surface area (Å²) in [5.74, 6) is 1.85. The van der Waals surface area contributed by atoms with Gasteiger partial charge in [0.25, 0.3) is 5.91 Å². The summed E-state index contributed by atoms with van der Waals surface area (Å²) in [6.45, 7) is 2.36. The van der Waals surface area contributed by atoms with Crippen LogP contribution in [0.2, 0.25) is 0 Å². The van der Waals surface area contributed by atoms with Crippen LogP contribution in [-0.4, -0.2) is 24.6 Å². The summed E-state index contributed by atoms with van der Waals surface area (Å²) in [6, 6.07) is 17.8. The van der Waals surface area contributed by atoms with E-state index in [4.69, 9.17) is 14.2 Å². The summed E-state index contributed by atoms with van der Waals surface area (Å²) in [5, 5.41) is 2.81. The number of nitrogens with one attached hydrogen (secondary N) is 1. The SMILES string of the molecule is CCOc1ccccc1C(=O)Nc1ccc(Oc2ccccc2OC)nc1. The predicted octanol–water partition coefficient (Wildman–Crippen LogP) is 4.53. The molecule has 3 rings (SSSR count). The van der Waals surface area contributed by atoms with E-state index < -0.39 is 0 Å². The molecule has 6 heteroatoms. The molecule has 2 aromatic carbocycles. The number of nitrogens with zero attached hydrogens (tertiary/aromatic N) is 1. The molecule has 0 aliphatic heterocycles. The molecule has 6 nitrogen and oxygen atoms in total. The lowest BCUT2D eigenvalue weighted by atomic mass is 10.2. The van der Waals surface area contributed by atoms with Gasteiger partial charge in [0, 0.05) is 6.07 Å². The number of benzene rings is 2. The minimum atomic E-state index is -0.265. The molecule has 1 aromatic heterocycles. The van der Waals surface area contributed by atoms with Crippen molar-refractivity contribution in [3.8, 4) is 23.1 Å². The van der Waals surface area contributed by atoms with Crippen molar-refractivity contribution in [2.45, 2.75) is 6.92 Å². The lowest BCUT2D eigenvalue weighted by molar-refractivity contribution is 0.102. The number of carbonyl (C=O) groups excluding carboxylic acids is 1. The van der Waals surface area contributed by atoms with Crippen LogP contribution >= 0.6 is 0 Å². The first-order valence-electron chi connectivity index (χ1n) is 8.51. The van der Waals surface area contributed by atoms with Crippen LogP contribution in [0, 0.1) is 0 Å². The Morgan fingerprint density at radius 1 is 0.963 bits per heavy atom. The molecule has 0 saturated carbocycles. The number of para-hydroxylation sites is 3. The summed E-state index contributed by atoms with van der Waals surface area (Å²) in [7, 11) is 1.58. The minimum absolute atomic E-state index is 0.265. The van der Waals surface area contributed by atoms with Crippen LogP contribution in [-0.2, 0) is 0 Å². The first kappa shape index (κ1) is 18.3. The van der Waals surface area contributed by atoms with Crippen molar-refractivity contribution in [1.82, 2.24) is 4.98 Å². The second-order valence-corrected chi connectivity index (χ2v) is 5.52. The van der Waals surface area contributed by atoms with Gasteiger partial charge in [-0.1, -0.05) is 24.3 Å². The van der Waals surface area contributed by atoms with E-state index >= 15 is 0 Å². The summed E-state index contributed by atoms with van der Waals surface area (Å²) < 4.78 is 16.5. The van der Waals surface area contributed by atoms with E-state index in [-0.39, 0.29) is 5.91 Å². The fourth-order valence-electron chi connectivity index (χ4n) is 2.46. The van der Waals surface area contributed by atoms with E-state index in [9.17, 15) is 4.79 Å². The molecule has 0 aliphatic carbocycles. The zero-order chi connectivity index (χ0) is 19.1. The zero-order valence-corrected chi connectivity index (χ0v) is 15.1. The largest absolute Gasteiger partial charge is 0.493 e. The van der Waals surface area contributed by atoms with Crippen LogP contribution in [0.3, 0.4) is 0 Å². The molecule has 27 heavy (non-hydrogen) atoms. The second kappa shape index (κ2) is 8.71. The Morgan fingerprint density at radius 3 is 2.33 bits per heavy atom. The van der Waals surface area contributed by atoms with Gasteiger partial charge in [0.2, 0.25) is 5.88 Å². The van der Waals surface area contributed by atoms with Crippen LogP contribution in [0.4, 0.5) is 5.69 Å². The van der Waals surface area contributed by atoms with Crippen molar-refractivity contribution >= 4 is 11.6 Å². The topological polar surface area (TPSA) is 69.7 Å². The van der Waals surface area contributed by atoms with Crippen LogP contribution in [0.25, 0.3) is 0 Å². The van der Waals surface area contributed by atoms with Gasteiger partial charge < -0.3 is 19.5 Å². The molecule has 0 aliphatic rings. The molecular weight excluding hydrogens is 344 g/mol. The lowest BCUT2D eigenvalue weighted by Gasteiger charge is -2.11. The molecule has 3 aromatic rings. The number of amides is 1. The van der Waals surface area contributed by atoms with Crippen molar-refractivity contribution < 1.29 is 19.0 Å². The molecule has 0 atom stereocenters. The summed E-state index contributed by atoms with van der Waals surface area (Å²) in [5.41, 5.74) is 1.02. The van der Waals surface area contributed by atoms with Gasteiger partial charge >= 0.3 is 0 Å². The van der Waals surface area contributed by atoms with Crippen molar-refractivity contribution in [2.24, 2.45) is 0 Å². The van der Waals surface area contributed by atoms with Gasteiger partial charge in [0.1, 0.15) is 5.75 Å². The average Bonchev–Trinajstić information content (AvgIpc) is 2.70. The fourth-order valence-corrected chi connectivity index (χ4v) is 2.46. The van der Waals surface area contributed by atoms with E-state index in [1.165, 1.54) is 6.20 Å². The first-order valence-corrected chi connectivity index (χ1v) is 8.51. The van der Waals surface area contributed by atoms with Gasteiger partial charge in [-0.3, -0.25) is 4.79 Å². The lowest BCUT2D eigenvalue weighted by Crippen LogP contribution is -2.13. The Balaban J connectivity index is 1.70. The van der Waals surface area contributed by atoms with Gasteiger partial charge in [-0.15, -0.1) is 0 Å². The molecule has 0 bridgehead atoms. The van der Waals surface area contributed by atoms with Gasteiger partial charge in [-0.25, -0.2) is 4.98 Å². The smallest absolute Gasteiger partial charge is 0.259 e. The van der Waals surface area contributed by atoms with E-state index in [0.29, 0.717) is 41.0 Å². The van der Waals surface area contributed by atoms with Crippen LogP contribution in [0.1, 0.15) is 17.3 Å². The molecule has 0 spiro atoms. The number of methoxy groups -OCH3 is 1. The number of rotatable bonds is 7. The molecule has 0 unspecified atom stereocenters. The van der Waals surface area contributed by atoms with Crippen molar-refractivity contribution in [1.29, 1.82) is 0 Å². The maximum atomic E-state index is 12.5. The van der Waals surface area contributed by atoms with Crippen molar-refractivity contribution in [3.63, 3.8) is 0 Å². The molecule has 1 N–H and O–H groups in total. The number of hydrogen-bond acceptors (Lipinski definition) is 5. The highest BCUT2D eigenvalue weighted by atomic mass is 16.5. The number of hydrogen-bond donors (Lipinski definition) is 1. The highest BCUT2D eigenvalue weighted by molar-refractivity contribution is 6.06. The zero-order valence-electron chi connectivity index (χ0n) is 15.1. The third-order valence-corrected chi connectivity index (χ3v) is 3.71. The Morgan fingerprint density at radius 2 is 1.67 bits per heavy atom. The van der Waals surface area contributed by atoms with E-state index in [1.807, 2.05) is 25.1 Å². The summed E-state index contributed by atoms with van der Waals surface area (Å²) in [4.78, 5) is 16.7. The number of anilines is 1. The van der Waals surface area contributed by atoms with Crippen LogP contribution < -0.4 is 19.5 Å². The standard InChI is InChI=1S/C21H20N2O4/c1-3-26-17-9-5-4-8-16(17)21(24)23-15-12-13-20(22-14-15)27-19-11-7-6-10-18(19)25-2/h4-14H,3H2,1-2H3,(H,23,24). The highest BCUT2D eigenvalue weighted by Gasteiger charge is 2.12. The molecule has 0 saturated heterocycles. The van der Waals surface area contributed by atoms with Crippen molar-refractivity contribution in [3.05, 3.63) is 72.4 Å². The van der Waals surface area contributed by atoms with Gasteiger partial charge in [0.15, 0.2) is 11.5 Å². The van der Waals surface area contributed by atoms with E-state index in [1.54, 1.807) is 49.6 Å². The van der Waals surface area contributed by atoms with Gasteiger partial charge in [-0.05, 0) is 37.3 Å². The molecule has 0 fully saturated rings. The minimum Gasteiger partial charge on any atom is -0.493 e. The third kappa shape index (κ3) is 4.55. The highest BCUT2D eigenvalue weighted by Crippen LogP contribution is 2.30. The van der Waals surface area contributed by atoms with Gasteiger partial charge in [-0.2, -0.15) is 0 Å². The third-order valence-electron chi connectivity index (χ3n) is 3.71. The number of carbonyl (C=O) groups is 1. The maximum absolute atomic E-state index is 12.5. The monoisotopic (exact) mass is 364 g/mol. The molecule has 1 amide bonds. The van der Waals surface area contributed by atoms with Gasteiger partial charge in [0.05, 0.1) is 31.2 Å². The first-order chi connectivity index (χ1) is 13.2. The molecular formula is C21H20N2O4. The number of pyridine rings is 1. The maximum Gasteiger partial charge on any atom is 0.259 e. The predicted molar refractivity (Wildman–Crippen MR) is 103 cm³/mol. The Kier molecular flexibility index (Phi) is 5.89. The summed E-state index contributed by atoms with van der Waals surface area (Å²) in [6.07, 6.45) is 1.53. The molecule has 1 heterocycles. The Labute approximate surface area is 157 Å². The summed E-state index contributed by atoms with van der Waals surface area (Å²) >= 11 is 0. The number of aromatic nitrogens is 1. The quantitative estimate of drug-likeness (QED) is 0.667. The van der Waals surface area contributed by atoms with Crippen LogP contribution in [0.15, 0.2) is 66.9 Å². The molecule has 0 radical (unpaired) electrons. The average molecular weight is 364 g/mol. The van der Waals surface area contributed by atoms with Crippen LogP contribution in [0.5, 0.6) is 23.1 Å².